The first-order chi connectivity index (χ1) is 8.11. The summed E-state index contributed by atoms with van der Waals surface area (Å²) in [6.07, 6.45) is 4.64. The van der Waals surface area contributed by atoms with Gasteiger partial charge in [0.25, 0.3) is 5.91 Å². The number of nitrogens with one attached hydrogen (secondary N) is 1. The van der Waals surface area contributed by atoms with Crippen molar-refractivity contribution in [2.75, 3.05) is 0 Å². The van der Waals surface area contributed by atoms with Gasteiger partial charge in [-0.15, -0.1) is 0 Å². The first-order valence-electron chi connectivity index (χ1n) is 5.64. The van der Waals surface area contributed by atoms with Crippen molar-refractivity contribution in [1.82, 2.24) is 9.88 Å². The Hall–Kier alpha value is -1.28. The minimum Gasteiger partial charge on any atom is -0.347 e. The third-order valence-electron chi connectivity index (χ3n) is 3.20. The number of hydrogen-bond acceptors (Lipinski definition) is 2. The van der Waals surface area contributed by atoms with E-state index in [9.17, 15) is 4.79 Å². The molecule has 0 aromatic carbocycles. The number of carbonyl (C=O) groups excluding carboxylic acids is 1. The second-order valence-electron chi connectivity index (χ2n) is 4.40. The topological polar surface area (TPSA) is 57.8 Å². The van der Waals surface area contributed by atoms with Crippen LogP contribution in [0.5, 0.6) is 0 Å². The molecule has 1 N–H and O–H groups in total. The second kappa shape index (κ2) is 4.92. The molecule has 1 saturated carbocycles. The van der Waals surface area contributed by atoms with Gasteiger partial charge in [0, 0.05) is 23.8 Å². The van der Waals surface area contributed by atoms with Crippen LogP contribution < -0.4 is 5.32 Å². The molecule has 2 unspecified atom stereocenters. The highest BCUT2D eigenvalue weighted by Gasteiger charge is 2.29. The summed E-state index contributed by atoms with van der Waals surface area (Å²) < 4.78 is 2.66. The number of nitriles is 1. The molecule has 90 valence electrons. The molecule has 1 heterocycles. The molecule has 0 bridgehead atoms. The summed E-state index contributed by atoms with van der Waals surface area (Å²) in [5.74, 6) is -0.145. The van der Waals surface area contributed by atoms with Crippen molar-refractivity contribution in [3.8, 4) is 6.07 Å². The maximum Gasteiger partial charge on any atom is 0.268 e. The zero-order valence-electron chi connectivity index (χ0n) is 9.61. The molecule has 0 radical (unpaired) electrons. The van der Waals surface area contributed by atoms with E-state index < -0.39 is 0 Å². The van der Waals surface area contributed by atoms with Crippen molar-refractivity contribution in [1.29, 1.82) is 5.26 Å². The summed E-state index contributed by atoms with van der Waals surface area (Å²) in [4.78, 5) is 12.0. The Bertz CT molecular complexity index is 475. The van der Waals surface area contributed by atoms with Crippen LogP contribution in [0.3, 0.4) is 0 Å². The zero-order valence-corrected chi connectivity index (χ0v) is 11.2. The van der Waals surface area contributed by atoms with Crippen molar-refractivity contribution in [3.63, 3.8) is 0 Å². The molecule has 1 aromatic rings. The molecule has 2 atom stereocenters. The van der Waals surface area contributed by atoms with E-state index >= 15 is 0 Å². The van der Waals surface area contributed by atoms with E-state index in [4.69, 9.17) is 5.26 Å². The Morgan fingerprint density at radius 1 is 1.65 bits per heavy atom. The summed E-state index contributed by atoms with van der Waals surface area (Å²) in [6, 6.07) is 4.04. The summed E-state index contributed by atoms with van der Waals surface area (Å²) in [5.41, 5.74) is 0.612. The monoisotopic (exact) mass is 295 g/mol. The number of carbonyl (C=O) groups is 1. The molecule has 4 nitrogen and oxygen atoms in total. The van der Waals surface area contributed by atoms with Gasteiger partial charge in [0.2, 0.25) is 0 Å². The predicted octanol–water partition coefficient (Wildman–Crippen LogP) is 2.21. The Morgan fingerprint density at radius 2 is 2.41 bits per heavy atom. The molecule has 0 saturated heterocycles. The smallest absolute Gasteiger partial charge is 0.268 e. The van der Waals surface area contributed by atoms with Crippen molar-refractivity contribution in [2.24, 2.45) is 13.0 Å². The fraction of sp³-hybridized carbons (Fsp3) is 0.500. The van der Waals surface area contributed by atoms with E-state index in [1.807, 2.05) is 13.2 Å². The van der Waals surface area contributed by atoms with E-state index in [1.54, 1.807) is 10.6 Å². The summed E-state index contributed by atoms with van der Waals surface area (Å²) in [7, 11) is 1.83. The Balaban J connectivity index is 2.07. The normalized spacial score (nSPS) is 23.4. The van der Waals surface area contributed by atoms with Gasteiger partial charge < -0.3 is 9.88 Å². The van der Waals surface area contributed by atoms with Crippen LogP contribution in [0.4, 0.5) is 0 Å². The largest absolute Gasteiger partial charge is 0.347 e. The molecule has 5 heteroatoms. The number of rotatable bonds is 2. The molecule has 1 fully saturated rings. The van der Waals surface area contributed by atoms with Gasteiger partial charge in [-0.05, 0) is 41.3 Å². The Morgan fingerprint density at radius 3 is 3.00 bits per heavy atom. The van der Waals surface area contributed by atoms with Crippen LogP contribution in [-0.2, 0) is 7.05 Å². The third kappa shape index (κ3) is 2.52. The van der Waals surface area contributed by atoms with E-state index in [-0.39, 0.29) is 17.9 Å². The highest BCUT2D eigenvalue weighted by atomic mass is 79.9. The number of amides is 1. The Kier molecular flexibility index (Phi) is 3.53. The van der Waals surface area contributed by atoms with Crippen LogP contribution in [0.15, 0.2) is 16.7 Å². The van der Waals surface area contributed by atoms with Crippen LogP contribution >= 0.6 is 15.9 Å². The molecule has 1 aromatic heterocycles. The van der Waals surface area contributed by atoms with Gasteiger partial charge in [0.15, 0.2) is 0 Å². The molecule has 1 aliphatic carbocycles. The van der Waals surface area contributed by atoms with Gasteiger partial charge in [0.05, 0.1) is 12.0 Å². The summed E-state index contributed by atoms with van der Waals surface area (Å²) in [5, 5.41) is 11.9. The fourth-order valence-corrected chi connectivity index (χ4v) is 2.80. The third-order valence-corrected chi connectivity index (χ3v) is 3.64. The number of hydrogen-bond donors (Lipinski definition) is 1. The lowest BCUT2D eigenvalue weighted by atomic mass is 10.1. The van der Waals surface area contributed by atoms with Crippen LogP contribution in [-0.4, -0.2) is 16.5 Å². The minimum atomic E-state index is -0.106. The highest BCUT2D eigenvalue weighted by Crippen LogP contribution is 2.25. The first-order valence-corrected chi connectivity index (χ1v) is 6.43. The molecule has 0 spiro atoms. The van der Waals surface area contributed by atoms with Gasteiger partial charge >= 0.3 is 0 Å². The van der Waals surface area contributed by atoms with Crippen molar-refractivity contribution >= 4 is 21.8 Å². The zero-order chi connectivity index (χ0) is 12.4. The van der Waals surface area contributed by atoms with E-state index in [0.717, 1.165) is 23.7 Å². The quantitative estimate of drug-likeness (QED) is 0.909. The Labute approximate surface area is 109 Å². The average molecular weight is 296 g/mol. The minimum absolute atomic E-state index is 0.00109. The molecule has 17 heavy (non-hydrogen) atoms. The summed E-state index contributed by atoms with van der Waals surface area (Å²) >= 11 is 3.34. The molecule has 2 rings (SSSR count). The van der Waals surface area contributed by atoms with Gasteiger partial charge in [-0.25, -0.2) is 0 Å². The van der Waals surface area contributed by atoms with Gasteiger partial charge in [-0.3, -0.25) is 4.79 Å². The number of aromatic nitrogens is 1. The van der Waals surface area contributed by atoms with E-state index in [1.165, 1.54) is 0 Å². The number of nitrogens with zero attached hydrogens (tertiary/aromatic N) is 2. The van der Waals surface area contributed by atoms with Crippen LogP contribution in [0.2, 0.25) is 0 Å². The molecule has 1 aliphatic rings. The van der Waals surface area contributed by atoms with Crippen molar-refractivity contribution in [2.45, 2.75) is 25.3 Å². The average Bonchev–Trinajstić information content (AvgIpc) is 2.84. The first kappa shape index (κ1) is 12.2. The maximum absolute atomic E-state index is 12.0. The van der Waals surface area contributed by atoms with Crippen LogP contribution in [0.1, 0.15) is 29.8 Å². The molecule has 1 amide bonds. The standard InChI is InChI=1S/C12H14BrN3O/c1-16-7-9(13)5-11(16)12(17)15-10-4-2-3-8(10)6-14/h5,7-8,10H,2-4H2,1H3,(H,15,17). The lowest BCUT2D eigenvalue weighted by molar-refractivity contribution is 0.0924. The lowest BCUT2D eigenvalue weighted by Crippen LogP contribution is -2.37. The highest BCUT2D eigenvalue weighted by molar-refractivity contribution is 9.10. The van der Waals surface area contributed by atoms with Gasteiger partial charge in [-0.2, -0.15) is 5.26 Å². The SMILES string of the molecule is Cn1cc(Br)cc1C(=O)NC1CCCC1C#N. The molecular formula is C12H14BrN3O. The number of halogens is 1. The predicted molar refractivity (Wildman–Crippen MR) is 67.3 cm³/mol. The van der Waals surface area contributed by atoms with Crippen LogP contribution in [0.25, 0.3) is 0 Å². The fourth-order valence-electron chi connectivity index (χ4n) is 2.28. The lowest BCUT2D eigenvalue weighted by Gasteiger charge is -2.15. The van der Waals surface area contributed by atoms with Crippen LogP contribution in [0, 0.1) is 17.2 Å². The maximum atomic E-state index is 12.0. The number of aryl methyl sites for hydroxylation is 1. The molecule has 0 aliphatic heterocycles. The summed E-state index contributed by atoms with van der Waals surface area (Å²) in [6.45, 7) is 0. The molecular weight excluding hydrogens is 282 g/mol. The van der Waals surface area contributed by atoms with Crippen molar-refractivity contribution < 1.29 is 4.79 Å². The van der Waals surface area contributed by atoms with Gasteiger partial charge in [-0.1, -0.05) is 0 Å². The van der Waals surface area contributed by atoms with Crippen molar-refractivity contribution in [3.05, 3.63) is 22.4 Å². The second-order valence-corrected chi connectivity index (χ2v) is 5.32. The van der Waals surface area contributed by atoms with E-state index in [2.05, 4.69) is 27.3 Å². The van der Waals surface area contributed by atoms with Gasteiger partial charge in [0.1, 0.15) is 5.69 Å². The van der Waals surface area contributed by atoms with E-state index in [0.29, 0.717) is 5.69 Å².